The Kier molecular flexibility index (Phi) is 8.49. The van der Waals surface area contributed by atoms with Crippen LogP contribution in [-0.2, 0) is 4.79 Å². The van der Waals surface area contributed by atoms with Crippen molar-refractivity contribution in [2.75, 3.05) is 0 Å². The van der Waals surface area contributed by atoms with Crippen LogP contribution in [-0.4, -0.2) is 54.3 Å². The van der Waals surface area contributed by atoms with Gasteiger partial charge in [-0.1, -0.05) is 30.3 Å². The topological polar surface area (TPSA) is 78.0 Å². The Bertz CT molecular complexity index is 543. The minimum Gasteiger partial charge on any atom is -0.481 e. The van der Waals surface area contributed by atoms with E-state index in [9.17, 15) is 4.79 Å². The van der Waals surface area contributed by atoms with Gasteiger partial charge in [0.2, 0.25) is 0 Å². The number of rotatable bonds is 4. The summed E-state index contributed by atoms with van der Waals surface area (Å²) in [6.07, 6.45) is 0. The van der Waals surface area contributed by atoms with Gasteiger partial charge in [-0.05, 0) is 36.8 Å². The van der Waals surface area contributed by atoms with E-state index in [1.807, 2.05) is 36.4 Å². The van der Waals surface area contributed by atoms with E-state index >= 15 is 0 Å². The third kappa shape index (κ3) is 5.13. The summed E-state index contributed by atoms with van der Waals surface area (Å²) in [7, 11) is 0. The van der Waals surface area contributed by atoms with Crippen molar-refractivity contribution in [1.29, 1.82) is 0 Å². The maximum Gasteiger partial charge on any atom is 2.00 e. The fraction of sp³-hybridized carbons (Fsp3) is 0.133. The van der Waals surface area contributed by atoms with E-state index in [1.54, 1.807) is 25.1 Å². The Hall–Kier alpha value is -1.07. The normalized spacial score (nSPS) is 10.7. The SMILES string of the molecule is CC(C(=O)O)c1cccc(Oc2ccccc2)c1.O.[Ca+2]. The molecule has 0 aromatic heterocycles. The van der Waals surface area contributed by atoms with Gasteiger partial charge in [-0.25, -0.2) is 0 Å². The van der Waals surface area contributed by atoms with Crippen molar-refractivity contribution in [1.82, 2.24) is 0 Å². The number of ether oxygens (including phenoxy) is 1. The number of para-hydroxylation sites is 1. The van der Waals surface area contributed by atoms with Crippen LogP contribution in [0.4, 0.5) is 0 Å². The summed E-state index contributed by atoms with van der Waals surface area (Å²) in [5.41, 5.74) is 0.732. The van der Waals surface area contributed by atoms with Gasteiger partial charge >= 0.3 is 43.7 Å². The van der Waals surface area contributed by atoms with Crippen molar-refractivity contribution < 1.29 is 20.1 Å². The molecule has 1 atom stereocenters. The summed E-state index contributed by atoms with van der Waals surface area (Å²) in [5.74, 6) is 0.000567. The number of aliphatic carboxylic acids is 1. The summed E-state index contributed by atoms with van der Waals surface area (Å²) in [6, 6.07) is 16.6. The Balaban J connectivity index is 0.00000180. The molecule has 0 radical (unpaired) electrons. The zero-order valence-electron chi connectivity index (χ0n) is 11.2. The molecule has 0 saturated carbocycles. The summed E-state index contributed by atoms with van der Waals surface area (Å²) in [4.78, 5) is 10.9. The maximum absolute atomic E-state index is 10.9. The molecule has 3 N–H and O–H groups in total. The molecule has 0 amide bonds. The van der Waals surface area contributed by atoms with Gasteiger partial charge in [-0.2, -0.15) is 0 Å². The van der Waals surface area contributed by atoms with Gasteiger partial charge in [0.15, 0.2) is 0 Å². The van der Waals surface area contributed by atoms with Crippen LogP contribution in [0.3, 0.4) is 0 Å². The molecule has 100 valence electrons. The fourth-order valence-electron chi connectivity index (χ4n) is 1.61. The maximum atomic E-state index is 10.9. The van der Waals surface area contributed by atoms with Crippen LogP contribution < -0.4 is 4.74 Å². The van der Waals surface area contributed by atoms with E-state index in [0.717, 1.165) is 11.3 Å². The van der Waals surface area contributed by atoms with Crippen molar-refractivity contribution >= 4 is 43.7 Å². The van der Waals surface area contributed by atoms with Crippen LogP contribution in [0.15, 0.2) is 54.6 Å². The number of carboxylic acids is 1. The predicted molar refractivity (Wildman–Crippen MR) is 78.4 cm³/mol. The van der Waals surface area contributed by atoms with Crippen LogP contribution >= 0.6 is 0 Å². The number of hydrogen-bond acceptors (Lipinski definition) is 2. The molecule has 0 aliphatic carbocycles. The van der Waals surface area contributed by atoms with Gasteiger partial charge in [0.25, 0.3) is 0 Å². The van der Waals surface area contributed by atoms with Crippen LogP contribution in [0, 0.1) is 0 Å². The van der Waals surface area contributed by atoms with E-state index in [1.165, 1.54) is 0 Å². The molecule has 0 saturated heterocycles. The van der Waals surface area contributed by atoms with E-state index in [2.05, 4.69) is 0 Å². The molecule has 0 bridgehead atoms. The summed E-state index contributed by atoms with van der Waals surface area (Å²) in [5, 5.41) is 8.98. The molecular weight excluding hydrogens is 284 g/mol. The first-order valence-electron chi connectivity index (χ1n) is 5.72. The average molecular weight is 300 g/mol. The quantitative estimate of drug-likeness (QED) is 0.881. The Morgan fingerprint density at radius 2 is 1.65 bits per heavy atom. The van der Waals surface area contributed by atoms with E-state index in [0.29, 0.717) is 5.75 Å². The third-order valence-electron chi connectivity index (χ3n) is 2.71. The van der Waals surface area contributed by atoms with Gasteiger partial charge in [0, 0.05) is 0 Å². The second-order valence-electron chi connectivity index (χ2n) is 4.05. The van der Waals surface area contributed by atoms with Crippen LogP contribution in [0.25, 0.3) is 0 Å². The van der Waals surface area contributed by atoms with Gasteiger partial charge in [0.1, 0.15) is 11.5 Å². The smallest absolute Gasteiger partial charge is 0.481 e. The fourth-order valence-corrected chi connectivity index (χ4v) is 1.61. The average Bonchev–Trinajstić information content (AvgIpc) is 2.39. The van der Waals surface area contributed by atoms with Gasteiger partial charge in [-0.3, -0.25) is 4.79 Å². The number of carboxylic acid groups (broad SMARTS) is 1. The molecule has 0 aliphatic rings. The molecule has 0 fully saturated rings. The molecule has 0 heterocycles. The monoisotopic (exact) mass is 300 g/mol. The molecule has 1 unspecified atom stereocenters. The van der Waals surface area contributed by atoms with Crippen LogP contribution in [0.1, 0.15) is 18.4 Å². The van der Waals surface area contributed by atoms with Gasteiger partial charge in [0.05, 0.1) is 5.92 Å². The predicted octanol–water partition coefficient (Wildman–Crippen LogP) is 2.46. The van der Waals surface area contributed by atoms with Gasteiger partial charge in [-0.15, -0.1) is 0 Å². The molecule has 2 aromatic carbocycles. The number of hydrogen-bond donors (Lipinski definition) is 1. The molecule has 4 nitrogen and oxygen atoms in total. The second-order valence-corrected chi connectivity index (χ2v) is 4.05. The van der Waals surface area contributed by atoms with Crippen molar-refractivity contribution in [3.63, 3.8) is 0 Å². The molecule has 0 aliphatic heterocycles. The summed E-state index contributed by atoms with van der Waals surface area (Å²) < 4.78 is 5.66. The first-order chi connectivity index (χ1) is 8.66. The number of benzene rings is 2. The molecule has 0 spiro atoms. The van der Waals surface area contributed by atoms with E-state index in [4.69, 9.17) is 9.84 Å². The first kappa shape index (κ1) is 18.9. The first-order valence-corrected chi connectivity index (χ1v) is 5.72. The van der Waals surface area contributed by atoms with E-state index < -0.39 is 11.9 Å². The zero-order chi connectivity index (χ0) is 13.0. The largest absolute Gasteiger partial charge is 2.00 e. The Morgan fingerprint density at radius 3 is 2.25 bits per heavy atom. The van der Waals surface area contributed by atoms with Gasteiger partial charge < -0.3 is 15.3 Å². The number of carbonyl (C=O) groups is 1. The van der Waals surface area contributed by atoms with Crippen molar-refractivity contribution in [2.24, 2.45) is 0 Å². The van der Waals surface area contributed by atoms with Crippen molar-refractivity contribution in [3.05, 3.63) is 60.2 Å². The van der Waals surface area contributed by atoms with Crippen molar-refractivity contribution in [3.8, 4) is 11.5 Å². The third-order valence-corrected chi connectivity index (χ3v) is 2.71. The summed E-state index contributed by atoms with van der Waals surface area (Å²) >= 11 is 0. The minimum absolute atomic E-state index is 0. The summed E-state index contributed by atoms with van der Waals surface area (Å²) in [6.45, 7) is 1.66. The Labute approximate surface area is 147 Å². The molecule has 2 aromatic rings. The van der Waals surface area contributed by atoms with E-state index in [-0.39, 0.29) is 43.2 Å². The molecular formula is C15H16CaO4+2. The second kappa shape index (κ2) is 8.97. The molecule has 2 rings (SSSR count). The standard InChI is InChI=1S/C15H14O3.Ca.H2O/c1-11(15(16)17)12-6-5-9-14(10-12)18-13-7-3-2-4-8-13;;/h2-11H,1H3,(H,16,17);;1H2/q;+2;. The van der Waals surface area contributed by atoms with Crippen molar-refractivity contribution in [2.45, 2.75) is 12.8 Å². The zero-order valence-corrected chi connectivity index (χ0v) is 13.5. The molecule has 20 heavy (non-hydrogen) atoms. The minimum atomic E-state index is -0.841. The van der Waals surface area contributed by atoms with Crippen LogP contribution in [0.5, 0.6) is 11.5 Å². The van der Waals surface area contributed by atoms with Crippen LogP contribution in [0.2, 0.25) is 0 Å². The molecule has 5 heteroatoms. The Morgan fingerprint density at radius 1 is 1.05 bits per heavy atom.